The highest BCUT2D eigenvalue weighted by Gasteiger charge is 2.35. The molecule has 2 aromatic rings. The van der Waals surface area contributed by atoms with Gasteiger partial charge in [-0.05, 0) is 37.1 Å². The van der Waals surface area contributed by atoms with Gasteiger partial charge in [-0.15, -0.1) is 11.8 Å². The van der Waals surface area contributed by atoms with Gasteiger partial charge in [0.1, 0.15) is 16.4 Å². The number of methoxy groups -OCH3 is 2. The van der Waals surface area contributed by atoms with E-state index in [1.165, 1.54) is 20.3 Å². The van der Waals surface area contributed by atoms with Crippen LogP contribution < -0.4 is 14.2 Å². The van der Waals surface area contributed by atoms with Crippen molar-refractivity contribution in [1.82, 2.24) is 4.72 Å². The van der Waals surface area contributed by atoms with Crippen LogP contribution in [-0.2, 0) is 14.8 Å². The quantitative estimate of drug-likeness (QED) is 0.702. The van der Waals surface area contributed by atoms with Crippen molar-refractivity contribution in [1.29, 1.82) is 0 Å². The van der Waals surface area contributed by atoms with Gasteiger partial charge in [0.25, 0.3) is 0 Å². The van der Waals surface area contributed by atoms with Gasteiger partial charge in [0.15, 0.2) is 0 Å². The summed E-state index contributed by atoms with van der Waals surface area (Å²) in [6, 6.07) is 14.7. The fraction of sp³-hybridized carbons (Fsp3) is 0.400. The largest absolute Gasteiger partial charge is 0.497 e. The summed E-state index contributed by atoms with van der Waals surface area (Å²) in [6.07, 6.45) is 1.55. The van der Waals surface area contributed by atoms with Gasteiger partial charge in [-0.3, -0.25) is 0 Å². The second kappa shape index (κ2) is 9.17. The Labute approximate surface area is 170 Å². The molecule has 1 aliphatic heterocycles. The first-order valence-corrected chi connectivity index (χ1v) is 11.3. The van der Waals surface area contributed by atoms with Crippen LogP contribution >= 0.6 is 11.8 Å². The van der Waals surface area contributed by atoms with Crippen molar-refractivity contribution in [3.63, 3.8) is 0 Å². The molecule has 0 bridgehead atoms. The van der Waals surface area contributed by atoms with E-state index in [0.29, 0.717) is 25.5 Å². The van der Waals surface area contributed by atoms with Gasteiger partial charge in [-0.2, -0.15) is 0 Å². The van der Waals surface area contributed by atoms with Crippen LogP contribution in [0.5, 0.6) is 11.5 Å². The summed E-state index contributed by atoms with van der Waals surface area (Å²) in [7, 11) is -0.774. The standard InChI is InChI=1S/C20H25NO5S2/c1-24-16-8-9-19(18(14-16)25-2)28(22,23)21-15-20(10-12-26-13-11-20)27-17-6-4-3-5-7-17/h3-9,14,21H,10-13,15H2,1-2H3. The van der Waals surface area contributed by atoms with Crippen LogP contribution in [0.2, 0.25) is 0 Å². The van der Waals surface area contributed by atoms with E-state index < -0.39 is 10.0 Å². The Morgan fingerprint density at radius 1 is 1.07 bits per heavy atom. The minimum Gasteiger partial charge on any atom is -0.497 e. The van der Waals surface area contributed by atoms with E-state index in [4.69, 9.17) is 14.2 Å². The minimum atomic E-state index is -3.74. The minimum absolute atomic E-state index is 0.0997. The summed E-state index contributed by atoms with van der Waals surface area (Å²) in [5.41, 5.74) is 0. The molecule has 0 radical (unpaired) electrons. The second-order valence-corrected chi connectivity index (χ2v) is 9.83. The third-order valence-electron chi connectivity index (χ3n) is 4.73. The molecule has 152 valence electrons. The highest BCUT2D eigenvalue weighted by atomic mass is 32.2. The van der Waals surface area contributed by atoms with Crippen molar-refractivity contribution in [3.05, 3.63) is 48.5 Å². The highest BCUT2D eigenvalue weighted by Crippen LogP contribution is 2.40. The van der Waals surface area contributed by atoms with Gasteiger partial charge in [0.2, 0.25) is 10.0 Å². The smallest absolute Gasteiger partial charge is 0.244 e. The van der Waals surface area contributed by atoms with Gasteiger partial charge >= 0.3 is 0 Å². The third-order valence-corrected chi connectivity index (χ3v) is 7.66. The molecule has 1 saturated heterocycles. The molecule has 0 atom stereocenters. The van der Waals surface area contributed by atoms with Crippen LogP contribution in [0.25, 0.3) is 0 Å². The summed E-state index contributed by atoms with van der Waals surface area (Å²) < 4.78 is 44.4. The van der Waals surface area contributed by atoms with Crippen molar-refractivity contribution < 1.29 is 22.6 Å². The molecule has 8 heteroatoms. The van der Waals surface area contributed by atoms with Crippen LogP contribution in [0.15, 0.2) is 58.3 Å². The zero-order valence-electron chi connectivity index (χ0n) is 16.0. The van der Waals surface area contributed by atoms with Crippen LogP contribution in [0.4, 0.5) is 0 Å². The molecule has 1 heterocycles. The van der Waals surface area contributed by atoms with Crippen LogP contribution in [0, 0.1) is 0 Å². The second-order valence-electron chi connectivity index (χ2n) is 6.55. The summed E-state index contributed by atoms with van der Waals surface area (Å²) in [5, 5.41) is 0. The van der Waals surface area contributed by atoms with Gasteiger partial charge in [-0.25, -0.2) is 13.1 Å². The molecule has 0 aliphatic carbocycles. The van der Waals surface area contributed by atoms with E-state index in [2.05, 4.69) is 4.72 Å². The summed E-state index contributed by atoms with van der Waals surface area (Å²) >= 11 is 1.71. The molecule has 6 nitrogen and oxygen atoms in total. The topological polar surface area (TPSA) is 73.9 Å². The number of rotatable bonds is 8. The van der Waals surface area contributed by atoms with E-state index in [1.54, 1.807) is 23.9 Å². The molecule has 1 N–H and O–H groups in total. The lowest BCUT2D eigenvalue weighted by Crippen LogP contribution is -2.44. The number of hydrogen-bond acceptors (Lipinski definition) is 6. The van der Waals surface area contributed by atoms with Crippen molar-refractivity contribution in [2.45, 2.75) is 27.4 Å². The summed E-state index contributed by atoms with van der Waals surface area (Å²) in [5.74, 6) is 0.792. The lowest BCUT2D eigenvalue weighted by atomic mass is 9.99. The number of thioether (sulfide) groups is 1. The van der Waals surface area contributed by atoms with Gasteiger partial charge in [0.05, 0.1) is 14.2 Å². The third kappa shape index (κ3) is 5.00. The Hall–Kier alpha value is -1.74. The Kier molecular flexibility index (Phi) is 6.87. The molecule has 0 aromatic heterocycles. The van der Waals surface area contributed by atoms with Crippen molar-refractivity contribution in [3.8, 4) is 11.5 Å². The Bertz CT molecular complexity index is 881. The first kappa shape index (κ1) is 21.0. The van der Waals surface area contributed by atoms with E-state index in [9.17, 15) is 8.42 Å². The van der Waals surface area contributed by atoms with E-state index in [1.807, 2.05) is 30.3 Å². The fourth-order valence-corrected chi connectivity index (χ4v) is 5.77. The number of benzene rings is 2. The average molecular weight is 424 g/mol. The van der Waals surface area contributed by atoms with E-state index >= 15 is 0 Å². The van der Waals surface area contributed by atoms with Gasteiger partial charge in [-0.1, -0.05) is 18.2 Å². The number of ether oxygens (including phenoxy) is 3. The lowest BCUT2D eigenvalue weighted by molar-refractivity contribution is 0.0784. The predicted molar refractivity (Wildman–Crippen MR) is 110 cm³/mol. The van der Waals surface area contributed by atoms with Crippen LogP contribution in [0.3, 0.4) is 0 Å². The maximum Gasteiger partial charge on any atom is 0.244 e. The van der Waals surface area contributed by atoms with Crippen LogP contribution in [-0.4, -0.2) is 47.1 Å². The maximum atomic E-state index is 13.0. The predicted octanol–water partition coefficient (Wildman–Crippen LogP) is 3.32. The number of sulfonamides is 1. The molecule has 1 fully saturated rings. The number of nitrogens with one attached hydrogen (secondary N) is 1. The van der Waals surface area contributed by atoms with Crippen molar-refractivity contribution >= 4 is 21.8 Å². The average Bonchev–Trinajstić information content (AvgIpc) is 2.73. The molecule has 3 rings (SSSR count). The lowest BCUT2D eigenvalue weighted by Gasteiger charge is -2.36. The molecule has 28 heavy (non-hydrogen) atoms. The normalized spacial score (nSPS) is 16.5. The van der Waals surface area contributed by atoms with Crippen LogP contribution in [0.1, 0.15) is 12.8 Å². The number of hydrogen-bond donors (Lipinski definition) is 1. The zero-order chi connectivity index (χ0) is 20.0. The molecule has 2 aromatic carbocycles. The molecule has 1 aliphatic rings. The molecule has 0 saturated carbocycles. The molecule has 0 amide bonds. The monoisotopic (exact) mass is 423 g/mol. The summed E-state index contributed by atoms with van der Waals surface area (Å²) in [4.78, 5) is 1.22. The molecular formula is C20H25NO5S2. The fourth-order valence-electron chi connectivity index (χ4n) is 3.10. The van der Waals surface area contributed by atoms with E-state index in [-0.39, 0.29) is 15.4 Å². The first-order valence-electron chi connectivity index (χ1n) is 9.01. The Morgan fingerprint density at radius 2 is 1.79 bits per heavy atom. The van der Waals surface area contributed by atoms with Crippen molar-refractivity contribution in [2.75, 3.05) is 34.0 Å². The van der Waals surface area contributed by atoms with Gasteiger partial charge < -0.3 is 14.2 Å². The first-order chi connectivity index (χ1) is 13.5. The van der Waals surface area contributed by atoms with Crippen molar-refractivity contribution in [2.24, 2.45) is 0 Å². The SMILES string of the molecule is COc1ccc(S(=O)(=O)NCC2(Sc3ccccc3)CCOCC2)c(OC)c1. The summed E-state index contributed by atoms with van der Waals surface area (Å²) in [6.45, 7) is 1.55. The van der Waals surface area contributed by atoms with E-state index in [0.717, 1.165) is 17.7 Å². The Balaban J connectivity index is 1.80. The van der Waals surface area contributed by atoms with Gasteiger partial charge in [0, 0.05) is 35.5 Å². The maximum absolute atomic E-state index is 13.0. The molecule has 0 spiro atoms. The Morgan fingerprint density at radius 3 is 2.43 bits per heavy atom. The zero-order valence-corrected chi connectivity index (χ0v) is 17.6. The highest BCUT2D eigenvalue weighted by molar-refractivity contribution is 8.00. The molecular weight excluding hydrogens is 398 g/mol. The molecule has 0 unspecified atom stereocenters.